The molecule has 0 bridgehead atoms. The van der Waals surface area contributed by atoms with Crippen LogP contribution in [0.4, 0.5) is 4.39 Å². The zero-order valence-corrected chi connectivity index (χ0v) is 14.6. The van der Waals surface area contributed by atoms with Crippen LogP contribution in [0.3, 0.4) is 0 Å². The first kappa shape index (κ1) is 20.7. The normalized spacial score (nSPS) is 16.6. The summed E-state index contributed by atoms with van der Waals surface area (Å²) in [6, 6.07) is 3.50. The van der Waals surface area contributed by atoms with E-state index in [1.165, 1.54) is 6.07 Å². The number of ether oxygens (including phenoxy) is 1. The molecule has 21 heavy (non-hydrogen) atoms. The Hall–Kier alpha value is -0.260. The smallest absolute Gasteiger partial charge is 0.173 e. The van der Waals surface area contributed by atoms with Crippen LogP contribution in [-0.2, 0) is 0 Å². The largest absolute Gasteiger partial charge is 0.489 e. The Morgan fingerprint density at radius 1 is 1.33 bits per heavy atom. The third kappa shape index (κ3) is 5.15. The maximum absolute atomic E-state index is 14.0. The van der Waals surface area contributed by atoms with Crippen molar-refractivity contribution in [1.82, 2.24) is 10.2 Å². The average Bonchev–Trinajstić information content (AvgIpc) is 2.43. The van der Waals surface area contributed by atoms with Crippen molar-refractivity contribution >= 4 is 36.4 Å². The predicted molar refractivity (Wildman–Crippen MR) is 89.9 cm³/mol. The number of piperazine rings is 1. The van der Waals surface area contributed by atoms with Gasteiger partial charge in [-0.15, -0.1) is 24.8 Å². The number of hydrogen-bond donors (Lipinski definition) is 1. The lowest BCUT2D eigenvalue weighted by Crippen LogP contribution is -2.44. The molecule has 1 aliphatic rings. The highest BCUT2D eigenvalue weighted by Crippen LogP contribution is 2.33. The lowest BCUT2D eigenvalue weighted by Gasteiger charge is -2.33. The fourth-order valence-electron chi connectivity index (χ4n) is 2.38. The van der Waals surface area contributed by atoms with Crippen LogP contribution in [0, 0.1) is 5.82 Å². The predicted octanol–water partition coefficient (Wildman–Crippen LogP) is 3.69. The molecule has 122 valence electrons. The van der Waals surface area contributed by atoms with Crippen LogP contribution in [0.5, 0.6) is 5.75 Å². The van der Waals surface area contributed by atoms with Crippen LogP contribution < -0.4 is 10.1 Å². The van der Waals surface area contributed by atoms with Crippen LogP contribution in [0.15, 0.2) is 12.1 Å². The van der Waals surface area contributed by atoms with Gasteiger partial charge in [0.05, 0.1) is 11.6 Å². The van der Waals surface area contributed by atoms with Gasteiger partial charge in [0, 0.05) is 32.2 Å². The molecule has 0 amide bonds. The molecule has 7 heteroatoms. The Labute approximate surface area is 143 Å². The highest BCUT2D eigenvalue weighted by atomic mass is 35.5. The second kappa shape index (κ2) is 9.70. The van der Waals surface area contributed by atoms with Gasteiger partial charge >= 0.3 is 0 Å². The lowest BCUT2D eigenvalue weighted by molar-refractivity contribution is 0.185. The molecular formula is C14H22Cl3FN2O. The minimum Gasteiger partial charge on any atom is -0.489 e. The molecule has 0 aliphatic carbocycles. The molecule has 1 aromatic carbocycles. The Bertz CT molecular complexity index is 419. The van der Waals surface area contributed by atoms with Gasteiger partial charge in [0.1, 0.15) is 0 Å². The van der Waals surface area contributed by atoms with Gasteiger partial charge in [0.2, 0.25) is 0 Å². The molecule has 1 N–H and O–H groups in total. The minimum atomic E-state index is -0.383. The molecule has 0 aromatic heterocycles. The van der Waals surface area contributed by atoms with Crippen molar-refractivity contribution in [3.05, 3.63) is 28.5 Å². The molecule has 1 aliphatic heterocycles. The SMILES string of the molecule is CCOc1c(F)cc([C@H](C)N2CCNCC2)cc1Cl.Cl.Cl. The zero-order chi connectivity index (χ0) is 13.8. The Morgan fingerprint density at radius 3 is 2.48 bits per heavy atom. The van der Waals surface area contributed by atoms with Gasteiger partial charge < -0.3 is 10.1 Å². The lowest BCUT2D eigenvalue weighted by atomic mass is 10.1. The molecule has 1 fully saturated rings. The van der Waals surface area contributed by atoms with Crippen LogP contribution in [0.2, 0.25) is 5.02 Å². The molecule has 1 atom stereocenters. The van der Waals surface area contributed by atoms with Gasteiger partial charge in [-0.3, -0.25) is 4.90 Å². The second-order valence-corrected chi connectivity index (χ2v) is 5.12. The molecule has 1 aromatic rings. The van der Waals surface area contributed by atoms with E-state index in [1.54, 1.807) is 0 Å². The maximum Gasteiger partial charge on any atom is 0.173 e. The van der Waals surface area contributed by atoms with E-state index in [0.29, 0.717) is 11.6 Å². The van der Waals surface area contributed by atoms with E-state index in [-0.39, 0.29) is 42.4 Å². The average molecular weight is 360 g/mol. The van der Waals surface area contributed by atoms with Gasteiger partial charge in [0.25, 0.3) is 0 Å². The third-order valence-electron chi connectivity index (χ3n) is 3.49. The summed E-state index contributed by atoms with van der Waals surface area (Å²) in [5.41, 5.74) is 0.896. The molecule has 0 saturated carbocycles. The minimum absolute atomic E-state index is 0. The molecular weight excluding hydrogens is 338 g/mol. The summed E-state index contributed by atoms with van der Waals surface area (Å²) in [5.74, 6) is -0.230. The molecule has 0 unspecified atom stereocenters. The summed E-state index contributed by atoms with van der Waals surface area (Å²) >= 11 is 6.10. The molecule has 2 rings (SSSR count). The van der Waals surface area contributed by atoms with Crippen molar-refractivity contribution in [3.8, 4) is 5.75 Å². The van der Waals surface area contributed by atoms with Crippen molar-refractivity contribution in [1.29, 1.82) is 0 Å². The Morgan fingerprint density at radius 2 is 1.95 bits per heavy atom. The monoisotopic (exact) mass is 358 g/mol. The molecule has 1 saturated heterocycles. The van der Waals surface area contributed by atoms with Gasteiger partial charge in [-0.05, 0) is 31.5 Å². The van der Waals surface area contributed by atoms with Gasteiger partial charge in [-0.25, -0.2) is 4.39 Å². The van der Waals surface area contributed by atoms with Gasteiger partial charge in [-0.2, -0.15) is 0 Å². The van der Waals surface area contributed by atoms with Crippen molar-refractivity contribution < 1.29 is 9.13 Å². The number of rotatable bonds is 4. The fourth-order valence-corrected chi connectivity index (χ4v) is 2.65. The first-order valence-electron chi connectivity index (χ1n) is 6.70. The first-order chi connectivity index (χ1) is 9.13. The second-order valence-electron chi connectivity index (χ2n) is 4.71. The van der Waals surface area contributed by atoms with E-state index in [4.69, 9.17) is 16.3 Å². The van der Waals surface area contributed by atoms with E-state index in [9.17, 15) is 4.39 Å². The summed E-state index contributed by atoms with van der Waals surface area (Å²) < 4.78 is 19.2. The van der Waals surface area contributed by atoms with E-state index in [2.05, 4.69) is 17.1 Å². The quantitative estimate of drug-likeness (QED) is 0.887. The number of nitrogens with one attached hydrogen (secondary N) is 1. The van der Waals surface area contributed by atoms with Gasteiger partial charge in [-0.1, -0.05) is 11.6 Å². The van der Waals surface area contributed by atoms with E-state index >= 15 is 0 Å². The van der Waals surface area contributed by atoms with E-state index < -0.39 is 0 Å². The molecule has 0 spiro atoms. The number of halogens is 4. The number of hydrogen-bond acceptors (Lipinski definition) is 3. The standard InChI is InChI=1S/C14H20ClFN2O.2ClH/c1-3-19-14-12(15)8-11(9-13(14)16)10(2)18-6-4-17-5-7-18;;/h8-10,17H,3-7H2,1-2H3;2*1H/t10-;;/m0../s1. The topological polar surface area (TPSA) is 24.5 Å². The van der Waals surface area contributed by atoms with E-state index in [0.717, 1.165) is 31.7 Å². The highest BCUT2D eigenvalue weighted by molar-refractivity contribution is 6.32. The Balaban J connectivity index is 0.00000200. The Kier molecular flexibility index (Phi) is 9.58. The summed E-state index contributed by atoms with van der Waals surface area (Å²) in [6.07, 6.45) is 0. The fraction of sp³-hybridized carbons (Fsp3) is 0.571. The summed E-state index contributed by atoms with van der Waals surface area (Å²) in [7, 11) is 0. The number of benzene rings is 1. The summed E-state index contributed by atoms with van der Waals surface area (Å²) in [4.78, 5) is 2.32. The maximum atomic E-state index is 14.0. The van der Waals surface area contributed by atoms with Crippen LogP contribution in [0.1, 0.15) is 25.5 Å². The van der Waals surface area contributed by atoms with E-state index in [1.807, 2.05) is 13.0 Å². The van der Waals surface area contributed by atoms with Crippen molar-refractivity contribution in [2.24, 2.45) is 0 Å². The zero-order valence-electron chi connectivity index (χ0n) is 12.2. The highest BCUT2D eigenvalue weighted by Gasteiger charge is 2.20. The number of nitrogens with zero attached hydrogens (tertiary/aromatic N) is 1. The van der Waals surface area contributed by atoms with Crippen LogP contribution in [0.25, 0.3) is 0 Å². The molecule has 0 radical (unpaired) electrons. The van der Waals surface area contributed by atoms with Crippen molar-refractivity contribution in [2.75, 3.05) is 32.8 Å². The summed E-state index contributed by atoms with van der Waals surface area (Å²) in [6.45, 7) is 8.17. The van der Waals surface area contributed by atoms with Crippen molar-refractivity contribution in [3.63, 3.8) is 0 Å². The third-order valence-corrected chi connectivity index (χ3v) is 3.77. The summed E-state index contributed by atoms with van der Waals surface area (Å²) in [5, 5.41) is 3.65. The van der Waals surface area contributed by atoms with Crippen molar-refractivity contribution in [2.45, 2.75) is 19.9 Å². The van der Waals surface area contributed by atoms with Crippen LogP contribution in [-0.4, -0.2) is 37.7 Å². The van der Waals surface area contributed by atoms with Gasteiger partial charge in [0.15, 0.2) is 11.6 Å². The van der Waals surface area contributed by atoms with Crippen LogP contribution >= 0.6 is 36.4 Å². The molecule has 3 nitrogen and oxygen atoms in total. The first-order valence-corrected chi connectivity index (χ1v) is 7.07. The molecule has 1 heterocycles.